The summed E-state index contributed by atoms with van der Waals surface area (Å²) < 4.78 is 9.82. The van der Waals surface area contributed by atoms with Crippen molar-refractivity contribution in [2.75, 3.05) is 17.7 Å². The van der Waals surface area contributed by atoms with Gasteiger partial charge >= 0.3 is 15.2 Å². The molecule has 0 unspecified atom stereocenters. The molecule has 0 aliphatic carbocycles. The van der Waals surface area contributed by atoms with E-state index in [1.807, 2.05) is 0 Å². The SMILES string of the molecule is C1O[CH2][AlH][CH2]O1. The zero-order valence-corrected chi connectivity index (χ0v) is 5.06. The number of hydrogen-bond acceptors (Lipinski definition) is 2. The van der Waals surface area contributed by atoms with Crippen molar-refractivity contribution in [1.82, 2.24) is 0 Å². The Hall–Kier alpha value is 0.452. The van der Waals surface area contributed by atoms with Crippen LogP contribution in [0.25, 0.3) is 0 Å². The largest absolute Gasteiger partial charge is 0.371 e. The van der Waals surface area contributed by atoms with E-state index in [0.717, 1.165) is 10.9 Å². The second-order valence-corrected chi connectivity index (χ2v) is 2.81. The Bertz CT molecular complexity index is 24.3. The van der Waals surface area contributed by atoms with Gasteiger partial charge in [-0.05, 0) is 10.9 Å². The zero-order chi connectivity index (χ0) is 4.24. The molecule has 2 nitrogen and oxygen atoms in total. The van der Waals surface area contributed by atoms with Gasteiger partial charge in [0.15, 0.2) is 0 Å². The standard InChI is InChI=1S/C3H6O2.Al.H/c1-4-3-5-2;;/h1-3H2;;. The van der Waals surface area contributed by atoms with Crippen LogP contribution in [0.2, 0.25) is 0 Å². The molecule has 1 aliphatic rings. The van der Waals surface area contributed by atoms with Gasteiger partial charge in [-0.2, -0.15) is 0 Å². The van der Waals surface area contributed by atoms with Gasteiger partial charge in [0, 0.05) is 0 Å². The van der Waals surface area contributed by atoms with Gasteiger partial charge in [0.1, 0.15) is 6.79 Å². The summed E-state index contributed by atoms with van der Waals surface area (Å²) in [7, 11) is 0. The van der Waals surface area contributed by atoms with Crippen LogP contribution >= 0.6 is 0 Å². The van der Waals surface area contributed by atoms with Gasteiger partial charge in [-0.25, -0.2) is 0 Å². The van der Waals surface area contributed by atoms with Crippen molar-refractivity contribution in [3.8, 4) is 0 Å². The molecule has 0 aromatic rings. The monoisotopic (exact) mass is 102 g/mol. The lowest BCUT2D eigenvalue weighted by molar-refractivity contribution is -0.0389. The highest BCUT2D eigenvalue weighted by atomic mass is 27.1. The second kappa shape index (κ2) is 2.60. The van der Waals surface area contributed by atoms with E-state index in [2.05, 4.69) is 0 Å². The maximum absolute atomic E-state index is 4.91. The van der Waals surface area contributed by atoms with E-state index in [1.165, 1.54) is 0 Å². The van der Waals surface area contributed by atoms with Crippen molar-refractivity contribution in [3.63, 3.8) is 0 Å². The van der Waals surface area contributed by atoms with E-state index in [1.54, 1.807) is 0 Å². The molecular weight excluding hydrogens is 95.0 g/mol. The molecule has 0 aromatic carbocycles. The molecule has 0 N–H and O–H groups in total. The first-order valence-corrected chi connectivity index (χ1v) is 4.15. The van der Waals surface area contributed by atoms with E-state index < -0.39 is 0 Å². The lowest BCUT2D eigenvalue weighted by Gasteiger charge is -2.08. The third kappa shape index (κ3) is 1.27. The van der Waals surface area contributed by atoms with Gasteiger partial charge in [-0.1, -0.05) is 0 Å². The minimum atomic E-state index is 0.0640. The van der Waals surface area contributed by atoms with Gasteiger partial charge in [0.05, 0.1) is 0 Å². The summed E-state index contributed by atoms with van der Waals surface area (Å²) in [5, 5.41) is 0. The van der Waals surface area contributed by atoms with Gasteiger partial charge in [0.25, 0.3) is 0 Å². The molecule has 1 fully saturated rings. The van der Waals surface area contributed by atoms with Crippen molar-refractivity contribution in [2.24, 2.45) is 0 Å². The van der Waals surface area contributed by atoms with Crippen molar-refractivity contribution >= 4 is 15.2 Å². The van der Waals surface area contributed by atoms with E-state index in [0.29, 0.717) is 6.79 Å². The van der Waals surface area contributed by atoms with Gasteiger partial charge in [-0.15, -0.1) is 0 Å². The molecule has 0 bridgehead atoms. The van der Waals surface area contributed by atoms with E-state index in [9.17, 15) is 0 Å². The first-order chi connectivity index (χ1) is 3.00. The van der Waals surface area contributed by atoms with Gasteiger partial charge in [-0.3, -0.25) is 0 Å². The Labute approximate surface area is 43.1 Å². The molecule has 0 saturated carbocycles. The summed E-state index contributed by atoms with van der Waals surface area (Å²) in [6.45, 7) is 0.535. The molecule has 0 amide bonds. The van der Waals surface area contributed by atoms with Crippen LogP contribution in [0.5, 0.6) is 0 Å². The minimum Gasteiger partial charge on any atom is -0.371 e. The van der Waals surface area contributed by atoms with Crippen molar-refractivity contribution in [1.29, 1.82) is 0 Å². The molecule has 1 saturated heterocycles. The molecule has 0 radical (unpaired) electrons. The van der Waals surface area contributed by atoms with Crippen molar-refractivity contribution < 1.29 is 9.47 Å². The highest BCUT2D eigenvalue weighted by Crippen LogP contribution is 1.82. The van der Waals surface area contributed by atoms with Crippen LogP contribution in [-0.2, 0) is 9.47 Å². The molecule has 1 rings (SSSR count). The van der Waals surface area contributed by atoms with Crippen LogP contribution < -0.4 is 0 Å². The lowest BCUT2D eigenvalue weighted by atomic mass is 11.3. The molecule has 0 aromatic heterocycles. The maximum Gasteiger partial charge on any atom is 0.316 e. The van der Waals surface area contributed by atoms with E-state index >= 15 is 0 Å². The van der Waals surface area contributed by atoms with Crippen LogP contribution in [0.1, 0.15) is 0 Å². The molecular formula is C3H7AlO2. The molecule has 0 spiro atoms. The highest BCUT2D eigenvalue weighted by molar-refractivity contribution is 6.35. The first kappa shape index (κ1) is 4.61. The highest BCUT2D eigenvalue weighted by Gasteiger charge is 1.99. The van der Waals surface area contributed by atoms with Crippen LogP contribution in [0.3, 0.4) is 0 Å². The Balaban J connectivity index is 2.00. The molecule has 3 heteroatoms. The summed E-state index contributed by atoms with van der Waals surface area (Å²) >= 11 is 0.0640. The Kier molecular flexibility index (Phi) is 1.99. The predicted molar refractivity (Wildman–Crippen MR) is 23.9 cm³/mol. The fraction of sp³-hybridized carbons (Fsp3) is 1.00. The summed E-state index contributed by atoms with van der Waals surface area (Å²) in [6.07, 6.45) is 0. The Morgan fingerprint density at radius 1 is 1.17 bits per heavy atom. The van der Waals surface area contributed by atoms with Crippen LogP contribution in [-0.4, -0.2) is 33.0 Å². The fourth-order valence-corrected chi connectivity index (χ4v) is 1.20. The molecule has 6 heavy (non-hydrogen) atoms. The van der Waals surface area contributed by atoms with Gasteiger partial charge in [0.2, 0.25) is 0 Å². The Morgan fingerprint density at radius 2 is 1.83 bits per heavy atom. The number of ether oxygens (including phenoxy) is 2. The second-order valence-electron chi connectivity index (χ2n) is 1.29. The van der Waals surface area contributed by atoms with Crippen LogP contribution in [0.4, 0.5) is 0 Å². The van der Waals surface area contributed by atoms with Crippen LogP contribution in [0.15, 0.2) is 0 Å². The van der Waals surface area contributed by atoms with E-state index in [4.69, 9.17) is 9.47 Å². The molecule has 1 heterocycles. The van der Waals surface area contributed by atoms with Crippen LogP contribution in [0, 0.1) is 0 Å². The smallest absolute Gasteiger partial charge is 0.316 e. The summed E-state index contributed by atoms with van der Waals surface area (Å²) in [5.41, 5.74) is 2.03. The van der Waals surface area contributed by atoms with E-state index in [-0.39, 0.29) is 15.2 Å². The topological polar surface area (TPSA) is 18.5 Å². The summed E-state index contributed by atoms with van der Waals surface area (Å²) in [4.78, 5) is 0. The number of rotatable bonds is 0. The number of hydrogen-bond donors (Lipinski definition) is 0. The molecule has 1 aliphatic heterocycles. The Morgan fingerprint density at radius 3 is 2.00 bits per heavy atom. The third-order valence-corrected chi connectivity index (χ3v) is 1.90. The first-order valence-electron chi connectivity index (χ1n) is 2.15. The average molecular weight is 102 g/mol. The summed E-state index contributed by atoms with van der Waals surface area (Å²) in [5.74, 6) is 0. The third-order valence-electron chi connectivity index (χ3n) is 0.744. The lowest BCUT2D eigenvalue weighted by Crippen LogP contribution is -2.19. The summed E-state index contributed by atoms with van der Waals surface area (Å²) in [6, 6.07) is 0. The zero-order valence-electron chi connectivity index (χ0n) is 3.64. The minimum absolute atomic E-state index is 0.0640. The maximum atomic E-state index is 4.91. The van der Waals surface area contributed by atoms with Crippen molar-refractivity contribution in [2.45, 2.75) is 0 Å². The average Bonchev–Trinajstić information content (AvgIpc) is 1.72. The molecule has 34 valence electrons. The quantitative estimate of drug-likeness (QED) is 0.378. The normalized spacial score (nSPS) is 22.7. The van der Waals surface area contributed by atoms with Gasteiger partial charge < -0.3 is 9.47 Å². The molecule has 0 atom stereocenters. The predicted octanol–water partition coefficient (Wildman–Crippen LogP) is -0.658. The van der Waals surface area contributed by atoms with Crippen molar-refractivity contribution in [3.05, 3.63) is 0 Å². The fourth-order valence-electron chi connectivity index (χ4n) is 0.440.